The van der Waals surface area contributed by atoms with E-state index in [0.717, 1.165) is 17.8 Å². The van der Waals surface area contributed by atoms with Crippen molar-refractivity contribution in [2.75, 3.05) is 5.33 Å². The zero-order valence-corrected chi connectivity index (χ0v) is 7.23. The molecule has 0 radical (unpaired) electrons. The molecule has 52 valence electrons. The Morgan fingerprint density at radius 2 is 2.11 bits per heavy atom. The Morgan fingerprint density at radius 1 is 1.22 bits per heavy atom. The summed E-state index contributed by atoms with van der Waals surface area (Å²) in [7, 11) is 0. The van der Waals surface area contributed by atoms with E-state index >= 15 is 0 Å². The summed E-state index contributed by atoms with van der Waals surface area (Å²) in [6.45, 7) is 0. The van der Waals surface area contributed by atoms with Crippen LogP contribution in [-0.2, 0) is 0 Å². The van der Waals surface area contributed by atoms with Gasteiger partial charge in [0.25, 0.3) is 0 Å². The number of fused-ring (bicyclic) bond motifs is 2. The van der Waals surface area contributed by atoms with E-state index in [-0.39, 0.29) is 0 Å². The van der Waals surface area contributed by atoms with Crippen molar-refractivity contribution < 1.29 is 0 Å². The summed E-state index contributed by atoms with van der Waals surface area (Å²) in [6.07, 6.45) is 6.14. The molecular formula is C8H13Br. The molecule has 0 aromatic carbocycles. The van der Waals surface area contributed by atoms with Gasteiger partial charge in [-0.2, -0.15) is 0 Å². The molecule has 2 aliphatic carbocycles. The molecular weight excluding hydrogens is 176 g/mol. The third-order valence-electron chi connectivity index (χ3n) is 3.08. The largest absolute Gasteiger partial charge is 0.0925 e. The Kier molecular flexibility index (Phi) is 1.56. The lowest BCUT2D eigenvalue weighted by atomic mass is 9.91. The van der Waals surface area contributed by atoms with Crippen molar-refractivity contribution in [2.45, 2.75) is 25.7 Å². The van der Waals surface area contributed by atoms with Gasteiger partial charge in [0, 0.05) is 5.33 Å². The van der Waals surface area contributed by atoms with Gasteiger partial charge in [0.15, 0.2) is 0 Å². The highest BCUT2D eigenvalue weighted by molar-refractivity contribution is 9.09. The fourth-order valence-electron chi connectivity index (χ4n) is 2.57. The summed E-state index contributed by atoms with van der Waals surface area (Å²) >= 11 is 3.58. The van der Waals surface area contributed by atoms with Crippen LogP contribution in [0.5, 0.6) is 0 Å². The first-order valence-electron chi connectivity index (χ1n) is 3.96. The first-order chi connectivity index (χ1) is 4.40. The van der Waals surface area contributed by atoms with Crippen molar-refractivity contribution >= 4 is 15.9 Å². The topological polar surface area (TPSA) is 0 Å². The van der Waals surface area contributed by atoms with Gasteiger partial charge in [-0.3, -0.25) is 0 Å². The van der Waals surface area contributed by atoms with Crippen LogP contribution < -0.4 is 0 Å². The molecule has 0 aliphatic heterocycles. The van der Waals surface area contributed by atoms with Crippen LogP contribution in [0.2, 0.25) is 0 Å². The number of hydrogen-bond acceptors (Lipinski definition) is 0. The van der Waals surface area contributed by atoms with Gasteiger partial charge in [0.2, 0.25) is 0 Å². The molecule has 0 spiro atoms. The predicted octanol–water partition coefficient (Wildman–Crippen LogP) is 2.82. The highest BCUT2D eigenvalue weighted by atomic mass is 79.9. The normalized spacial score (nSPS) is 48.3. The van der Waals surface area contributed by atoms with Crippen molar-refractivity contribution in [1.29, 1.82) is 0 Å². The minimum Gasteiger partial charge on any atom is -0.0925 e. The van der Waals surface area contributed by atoms with Crippen LogP contribution >= 0.6 is 15.9 Å². The highest BCUT2D eigenvalue weighted by Crippen LogP contribution is 2.48. The Morgan fingerprint density at radius 3 is 2.44 bits per heavy atom. The van der Waals surface area contributed by atoms with Crippen LogP contribution in [0.1, 0.15) is 25.7 Å². The van der Waals surface area contributed by atoms with Crippen molar-refractivity contribution in [2.24, 2.45) is 17.8 Å². The van der Waals surface area contributed by atoms with Gasteiger partial charge < -0.3 is 0 Å². The van der Waals surface area contributed by atoms with E-state index in [1.54, 1.807) is 6.42 Å². The Hall–Kier alpha value is 0.480. The Balaban J connectivity index is 2.01. The van der Waals surface area contributed by atoms with Crippen LogP contribution in [0.4, 0.5) is 0 Å². The molecule has 2 rings (SSSR count). The molecule has 0 saturated heterocycles. The highest BCUT2D eigenvalue weighted by Gasteiger charge is 2.38. The fourth-order valence-corrected chi connectivity index (χ4v) is 3.36. The monoisotopic (exact) mass is 188 g/mol. The van der Waals surface area contributed by atoms with Crippen LogP contribution in [0.25, 0.3) is 0 Å². The second kappa shape index (κ2) is 2.26. The van der Waals surface area contributed by atoms with Gasteiger partial charge in [-0.05, 0) is 37.0 Å². The molecule has 0 heterocycles. The molecule has 2 aliphatic rings. The van der Waals surface area contributed by atoms with Crippen molar-refractivity contribution in [3.05, 3.63) is 0 Å². The lowest BCUT2D eigenvalue weighted by Gasteiger charge is -2.18. The van der Waals surface area contributed by atoms with E-state index in [1.807, 2.05) is 0 Å². The number of alkyl halides is 1. The van der Waals surface area contributed by atoms with Crippen LogP contribution in [0.3, 0.4) is 0 Å². The van der Waals surface area contributed by atoms with E-state index in [9.17, 15) is 0 Å². The molecule has 0 aromatic rings. The second-order valence-electron chi connectivity index (χ2n) is 3.59. The molecule has 0 N–H and O–H groups in total. The molecule has 3 atom stereocenters. The molecule has 0 nitrogen and oxygen atoms in total. The minimum absolute atomic E-state index is 1.05. The first kappa shape index (κ1) is 6.21. The zero-order chi connectivity index (χ0) is 6.27. The van der Waals surface area contributed by atoms with Gasteiger partial charge in [0.1, 0.15) is 0 Å². The minimum atomic E-state index is 1.05. The van der Waals surface area contributed by atoms with E-state index in [0.29, 0.717) is 0 Å². The van der Waals surface area contributed by atoms with Gasteiger partial charge in [-0.25, -0.2) is 0 Å². The predicted molar refractivity (Wildman–Crippen MR) is 42.7 cm³/mol. The Labute approximate surface area is 65.1 Å². The number of halogens is 1. The maximum atomic E-state index is 3.58. The van der Waals surface area contributed by atoms with E-state index in [2.05, 4.69) is 15.9 Å². The van der Waals surface area contributed by atoms with Crippen molar-refractivity contribution in [1.82, 2.24) is 0 Å². The summed E-state index contributed by atoms with van der Waals surface area (Å²) in [6, 6.07) is 0. The van der Waals surface area contributed by atoms with Gasteiger partial charge in [-0.15, -0.1) is 0 Å². The average molecular weight is 189 g/mol. The second-order valence-corrected chi connectivity index (χ2v) is 4.24. The summed E-state index contributed by atoms with van der Waals surface area (Å²) in [5.74, 6) is 3.27. The standard InChI is InChI=1S/C8H13Br/c9-5-8-4-6-1-2-7(8)3-6/h6-8H,1-5H2/t6-,7-,8+/m0/s1. The van der Waals surface area contributed by atoms with Crippen LogP contribution in [0.15, 0.2) is 0 Å². The van der Waals surface area contributed by atoms with Gasteiger partial charge in [-0.1, -0.05) is 22.4 Å². The maximum Gasteiger partial charge on any atom is 0.00624 e. The molecule has 1 heteroatoms. The molecule has 2 saturated carbocycles. The summed E-state index contributed by atoms with van der Waals surface area (Å²) in [4.78, 5) is 0. The lowest BCUT2D eigenvalue weighted by molar-refractivity contribution is 0.367. The summed E-state index contributed by atoms with van der Waals surface area (Å²) in [5.41, 5.74) is 0. The zero-order valence-electron chi connectivity index (χ0n) is 5.65. The van der Waals surface area contributed by atoms with Crippen LogP contribution in [0, 0.1) is 17.8 Å². The SMILES string of the molecule is BrC[C@H]1C[C@H]2CC[C@H]1C2. The summed E-state index contributed by atoms with van der Waals surface area (Å²) < 4.78 is 0. The molecule has 0 amide bonds. The van der Waals surface area contributed by atoms with Crippen molar-refractivity contribution in [3.63, 3.8) is 0 Å². The van der Waals surface area contributed by atoms with Gasteiger partial charge >= 0.3 is 0 Å². The Bertz CT molecular complexity index is 111. The van der Waals surface area contributed by atoms with Crippen molar-refractivity contribution in [3.8, 4) is 0 Å². The van der Waals surface area contributed by atoms with E-state index in [4.69, 9.17) is 0 Å². The van der Waals surface area contributed by atoms with Gasteiger partial charge in [0.05, 0.1) is 0 Å². The third-order valence-corrected chi connectivity index (χ3v) is 3.91. The van der Waals surface area contributed by atoms with E-state index in [1.165, 1.54) is 24.6 Å². The number of rotatable bonds is 1. The average Bonchev–Trinajstić information content (AvgIpc) is 2.45. The fraction of sp³-hybridized carbons (Fsp3) is 1.00. The maximum absolute atomic E-state index is 3.58. The van der Waals surface area contributed by atoms with Crippen LogP contribution in [-0.4, -0.2) is 5.33 Å². The van der Waals surface area contributed by atoms with E-state index < -0.39 is 0 Å². The first-order valence-corrected chi connectivity index (χ1v) is 5.08. The summed E-state index contributed by atoms with van der Waals surface area (Å²) in [5, 5.41) is 1.26. The molecule has 9 heavy (non-hydrogen) atoms. The quantitative estimate of drug-likeness (QED) is 0.556. The molecule has 2 fully saturated rings. The molecule has 0 unspecified atom stereocenters. The number of hydrogen-bond donors (Lipinski definition) is 0. The third kappa shape index (κ3) is 0.938. The lowest BCUT2D eigenvalue weighted by Crippen LogP contribution is -2.10. The molecule has 2 bridgehead atoms. The smallest absolute Gasteiger partial charge is 0.00624 e. The molecule has 0 aromatic heterocycles.